The Morgan fingerprint density at radius 1 is 1.50 bits per heavy atom. The zero-order valence-electron chi connectivity index (χ0n) is 11.1. The maximum absolute atomic E-state index is 11.9. The van der Waals surface area contributed by atoms with Gasteiger partial charge in [0.2, 0.25) is 5.88 Å². The predicted molar refractivity (Wildman–Crippen MR) is 77.0 cm³/mol. The van der Waals surface area contributed by atoms with Crippen LogP contribution in [0.1, 0.15) is 28.9 Å². The number of aliphatic hydroxyl groups excluding tert-OH is 1. The number of pyridine rings is 1. The molecule has 0 saturated heterocycles. The van der Waals surface area contributed by atoms with E-state index in [1.54, 1.807) is 12.1 Å². The monoisotopic (exact) mass is 292 g/mol. The van der Waals surface area contributed by atoms with Crippen molar-refractivity contribution in [3.63, 3.8) is 0 Å². The van der Waals surface area contributed by atoms with Gasteiger partial charge >= 0.3 is 0 Å². The van der Waals surface area contributed by atoms with Crippen LogP contribution in [0.25, 0.3) is 0 Å². The highest BCUT2D eigenvalue weighted by molar-refractivity contribution is 7.07. The molecule has 0 radical (unpaired) electrons. The van der Waals surface area contributed by atoms with Crippen LogP contribution in [0.3, 0.4) is 0 Å². The van der Waals surface area contributed by atoms with Crippen molar-refractivity contribution in [1.29, 1.82) is 0 Å². The number of thiophene rings is 1. The molecule has 0 fully saturated rings. The van der Waals surface area contributed by atoms with Crippen LogP contribution in [0.15, 0.2) is 35.2 Å². The summed E-state index contributed by atoms with van der Waals surface area (Å²) >= 11 is 1.51. The van der Waals surface area contributed by atoms with Crippen molar-refractivity contribution >= 4 is 17.2 Å². The molecular formula is C14H16N2O3S. The maximum atomic E-state index is 11.9. The van der Waals surface area contributed by atoms with Crippen LogP contribution in [0.2, 0.25) is 0 Å². The highest BCUT2D eigenvalue weighted by Crippen LogP contribution is 2.15. The van der Waals surface area contributed by atoms with Crippen LogP contribution in [0.4, 0.5) is 0 Å². The van der Waals surface area contributed by atoms with Gasteiger partial charge in [-0.1, -0.05) is 0 Å². The average Bonchev–Trinajstić information content (AvgIpc) is 3.00. The summed E-state index contributed by atoms with van der Waals surface area (Å²) in [7, 11) is 0. The number of aliphatic hydroxyl groups is 1. The third-order valence-electron chi connectivity index (χ3n) is 2.67. The zero-order chi connectivity index (χ0) is 14.4. The molecule has 2 heterocycles. The molecule has 0 saturated carbocycles. The van der Waals surface area contributed by atoms with Gasteiger partial charge in [0.15, 0.2) is 0 Å². The van der Waals surface area contributed by atoms with E-state index in [2.05, 4.69) is 10.3 Å². The van der Waals surface area contributed by atoms with Crippen molar-refractivity contribution < 1.29 is 14.6 Å². The van der Waals surface area contributed by atoms with Gasteiger partial charge in [-0.25, -0.2) is 4.98 Å². The smallest absolute Gasteiger partial charge is 0.252 e. The normalized spacial score (nSPS) is 11.9. The Balaban J connectivity index is 1.88. The molecule has 0 aliphatic carbocycles. The number of carbonyl (C=O) groups excluding carboxylic acids is 1. The van der Waals surface area contributed by atoms with E-state index in [0.717, 1.165) is 5.56 Å². The third-order valence-corrected chi connectivity index (χ3v) is 3.38. The molecule has 20 heavy (non-hydrogen) atoms. The van der Waals surface area contributed by atoms with Gasteiger partial charge in [-0.2, -0.15) is 11.3 Å². The molecule has 0 aromatic carbocycles. The zero-order valence-corrected chi connectivity index (χ0v) is 11.9. The van der Waals surface area contributed by atoms with Gasteiger partial charge in [0, 0.05) is 18.8 Å². The first kappa shape index (κ1) is 14.5. The molecule has 1 unspecified atom stereocenters. The van der Waals surface area contributed by atoms with Gasteiger partial charge in [0.1, 0.15) is 0 Å². The van der Waals surface area contributed by atoms with Crippen LogP contribution >= 0.6 is 11.3 Å². The van der Waals surface area contributed by atoms with Crippen molar-refractivity contribution in [2.24, 2.45) is 0 Å². The molecule has 0 bridgehead atoms. The summed E-state index contributed by atoms with van der Waals surface area (Å²) in [6, 6.07) is 5.12. The number of ether oxygens (including phenoxy) is 1. The molecule has 1 atom stereocenters. The van der Waals surface area contributed by atoms with Gasteiger partial charge in [-0.3, -0.25) is 4.79 Å². The SMILES string of the molecule is CCOc1ccc(C(=O)NCC(O)c2ccsc2)cn1. The standard InChI is InChI=1S/C14H16N2O3S/c1-2-19-13-4-3-10(7-15-13)14(18)16-8-12(17)11-5-6-20-9-11/h3-7,9,12,17H,2,8H2,1H3,(H,16,18). The first-order valence-corrected chi connectivity index (χ1v) is 7.22. The van der Waals surface area contributed by atoms with Crippen molar-refractivity contribution in [2.75, 3.05) is 13.2 Å². The van der Waals surface area contributed by atoms with Crippen molar-refractivity contribution in [3.05, 3.63) is 46.3 Å². The van der Waals surface area contributed by atoms with Gasteiger partial charge in [-0.15, -0.1) is 0 Å². The molecule has 0 spiro atoms. The Morgan fingerprint density at radius 2 is 2.35 bits per heavy atom. The highest BCUT2D eigenvalue weighted by atomic mass is 32.1. The summed E-state index contributed by atoms with van der Waals surface area (Å²) in [5.74, 6) is 0.220. The Hall–Kier alpha value is -1.92. The summed E-state index contributed by atoms with van der Waals surface area (Å²) in [5.41, 5.74) is 1.24. The first-order chi connectivity index (χ1) is 9.70. The fourth-order valence-corrected chi connectivity index (χ4v) is 2.33. The molecule has 0 aliphatic rings. The summed E-state index contributed by atoms with van der Waals surface area (Å²) in [6.45, 7) is 2.57. The predicted octanol–water partition coefficient (Wildman–Crippen LogP) is 2.01. The van der Waals surface area contributed by atoms with Gasteiger partial charge in [0.05, 0.1) is 18.3 Å². The van der Waals surface area contributed by atoms with Crippen LogP contribution in [0.5, 0.6) is 5.88 Å². The topological polar surface area (TPSA) is 71.5 Å². The molecule has 2 aromatic heterocycles. The summed E-state index contributed by atoms with van der Waals surface area (Å²) in [5, 5.41) is 16.3. The maximum Gasteiger partial charge on any atom is 0.252 e. The van der Waals surface area contributed by atoms with Crippen LogP contribution in [0, 0.1) is 0 Å². The highest BCUT2D eigenvalue weighted by Gasteiger charge is 2.11. The van der Waals surface area contributed by atoms with Crippen LogP contribution in [-0.4, -0.2) is 29.1 Å². The van der Waals surface area contributed by atoms with E-state index < -0.39 is 6.10 Å². The summed E-state index contributed by atoms with van der Waals surface area (Å²) in [6.07, 6.45) is 0.762. The quantitative estimate of drug-likeness (QED) is 0.854. The van der Waals surface area contributed by atoms with E-state index in [0.29, 0.717) is 18.1 Å². The number of rotatable bonds is 6. The molecule has 2 N–H and O–H groups in total. The van der Waals surface area contributed by atoms with E-state index in [1.807, 2.05) is 23.8 Å². The minimum atomic E-state index is -0.694. The molecule has 106 valence electrons. The summed E-state index contributed by atoms with van der Waals surface area (Å²) in [4.78, 5) is 15.9. The van der Waals surface area contributed by atoms with E-state index in [9.17, 15) is 9.90 Å². The Bertz CT molecular complexity index is 540. The minimum absolute atomic E-state index is 0.169. The molecule has 0 aliphatic heterocycles. The van der Waals surface area contributed by atoms with E-state index in [-0.39, 0.29) is 12.5 Å². The number of nitrogens with zero attached hydrogens (tertiary/aromatic N) is 1. The fourth-order valence-electron chi connectivity index (χ4n) is 1.62. The third kappa shape index (κ3) is 3.79. The lowest BCUT2D eigenvalue weighted by Crippen LogP contribution is -2.28. The second kappa shape index (κ2) is 7.02. The average molecular weight is 292 g/mol. The van der Waals surface area contributed by atoms with Crippen molar-refractivity contribution in [3.8, 4) is 5.88 Å². The lowest BCUT2D eigenvalue weighted by Gasteiger charge is -2.10. The number of aromatic nitrogens is 1. The lowest BCUT2D eigenvalue weighted by molar-refractivity contribution is 0.0916. The number of amides is 1. The summed E-state index contributed by atoms with van der Waals surface area (Å²) < 4.78 is 5.21. The van der Waals surface area contributed by atoms with E-state index in [4.69, 9.17) is 4.74 Å². The van der Waals surface area contributed by atoms with E-state index in [1.165, 1.54) is 17.5 Å². The molecule has 2 rings (SSSR count). The van der Waals surface area contributed by atoms with Crippen molar-refractivity contribution in [1.82, 2.24) is 10.3 Å². The van der Waals surface area contributed by atoms with E-state index >= 15 is 0 Å². The van der Waals surface area contributed by atoms with Crippen LogP contribution < -0.4 is 10.1 Å². The Labute approximate surface area is 121 Å². The number of nitrogens with one attached hydrogen (secondary N) is 1. The van der Waals surface area contributed by atoms with Crippen LogP contribution in [-0.2, 0) is 0 Å². The largest absolute Gasteiger partial charge is 0.478 e. The second-order valence-corrected chi connectivity index (χ2v) is 4.88. The lowest BCUT2D eigenvalue weighted by atomic mass is 10.2. The second-order valence-electron chi connectivity index (χ2n) is 4.10. The number of carbonyl (C=O) groups is 1. The molecule has 2 aromatic rings. The molecule has 6 heteroatoms. The Kier molecular flexibility index (Phi) is 5.09. The van der Waals surface area contributed by atoms with Gasteiger partial charge in [0.25, 0.3) is 5.91 Å². The molecule has 5 nitrogen and oxygen atoms in total. The molecule has 1 amide bonds. The number of hydrogen-bond acceptors (Lipinski definition) is 5. The number of hydrogen-bond donors (Lipinski definition) is 2. The first-order valence-electron chi connectivity index (χ1n) is 6.28. The Morgan fingerprint density at radius 3 is 2.95 bits per heavy atom. The fraction of sp³-hybridized carbons (Fsp3) is 0.286. The van der Waals surface area contributed by atoms with Gasteiger partial charge in [-0.05, 0) is 35.4 Å². The molecular weight excluding hydrogens is 276 g/mol. The van der Waals surface area contributed by atoms with Crippen molar-refractivity contribution in [2.45, 2.75) is 13.0 Å². The minimum Gasteiger partial charge on any atom is -0.478 e. The van der Waals surface area contributed by atoms with Gasteiger partial charge < -0.3 is 15.2 Å².